The SMILES string of the molecule is Cc1ccc(NC(=O)CN2C(=O)N/C(=C/c3cc(Br)c(OCc4ccccc4F)c(Br)c3)C2=O)cc1. The predicted octanol–water partition coefficient (Wildman–Crippen LogP) is 5.77. The molecule has 1 aliphatic rings. The van der Waals surface area contributed by atoms with Crippen molar-refractivity contribution in [3.05, 3.63) is 97.8 Å². The monoisotopic (exact) mass is 615 g/mol. The summed E-state index contributed by atoms with van der Waals surface area (Å²) in [7, 11) is 0. The number of rotatable bonds is 7. The topological polar surface area (TPSA) is 87.7 Å². The standard InChI is InChI=1S/C26H20Br2FN3O4/c1-15-6-8-18(9-7-15)30-23(33)13-32-25(34)22(31-26(32)35)12-16-10-19(27)24(20(28)11-16)36-14-17-4-2-3-5-21(17)29/h2-12H,13-14H2,1H3,(H,30,33)(H,31,35)/b22-12+. The highest BCUT2D eigenvalue weighted by atomic mass is 79.9. The number of hydrogen-bond donors (Lipinski definition) is 2. The van der Waals surface area contributed by atoms with Crippen LogP contribution < -0.4 is 15.4 Å². The van der Waals surface area contributed by atoms with Gasteiger partial charge in [0.25, 0.3) is 5.91 Å². The summed E-state index contributed by atoms with van der Waals surface area (Å²) in [6, 6.07) is 16.2. The summed E-state index contributed by atoms with van der Waals surface area (Å²) in [4.78, 5) is 38.4. The number of anilines is 1. The normalized spacial score (nSPS) is 14.2. The molecule has 1 fully saturated rings. The molecule has 0 aromatic heterocycles. The molecule has 0 unspecified atom stereocenters. The first kappa shape index (κ1) is 25.6. The Morgan fingerprint density at radius 2 is 1.75 bits per heavy atom. The maximum absolute atomic E-state index is 13.9. The van der Waals surface area contributed by atoms with Crippen LogP contribution in [0.4, 0.5) is 14.9 Å². The Hall–Kier alpha value is -3.50. The van der Waals surface area contributed by atoms with Crippen LogP contribution in [0.25, 0.3) is 6.08 Å². The predicted molar refractivity (Wildman–Crippen MR) is 141 cm³/mol. The average molecular weight is 617 g/mol. The summed E-state index contributed by atoms with van der Waals surface area (Å²) in [6.45, 7) is 1.53. The van der Waals surface area contributed by atoms with Gasteiger partial charge in [0, 0.05) is 11.3 Å². The van der Waals surface area contributed by atoms with Crippen LogP contribution in [0.1, 0.15) is 16.7 Å². The van der Waals surface area contributed by atoms with Crippen LogP contribution in [0.15, 0.2) is 75.3 Å². The van der Waals surface area contributed by atoms with Crippen molar-refractivity contribution < 1.29 is 23.5 Å². The van der Waals surface area contributed by atoms with Gasteiger partial charge in [-0.05, 0) is 80.8 Å². The number of nitrogens with one attached hydrogen (secondary N) is 2. The third-order valence-corrected chi connectivity index (χ3v) is 6.44. The molecule has 2 N–H and O–H groups in total. The number of nitrogens with zero attached hydrogens (tertiary/aromatic N) is 1. The number of hydrogen-bond acceptors (Lipinski definition) is 4. The van der Waals surface area contributed by atoms with Crippen molar-refractivity contribution in [1.82, 2.24) is 10.2 Å². The van der Waals surface area contributed by atoms with Crippen molar-refractivity contribution in [1.29, 1.82) is 0 Å². The lowest BCUT2D eigenvalue weighted by molar-refractivity contribution is -0.127. The Bertz CT molecular complexity index is 1350. The van der Waals surface area contributed by atoms with Gasteiger partial charge in [-0.3, -0.25) is 9.59 Å². The molecular formula is C26H20Br2FN3O4. The number of urea groups is 1. The van der Waals surface area contributed by atoms with Crippen molar-refractivity contribution >= 4 is 61.5 Å². The first-order valence-corrected chi connectivity index (χ1v) is 12.4. The molecule has 0 saturated carbocycles. The molecule has 0 bridgehead atoms. The number of ether oxygens (including phenoxy) is 1. The van der Waals surface area contributed by atoms with Gasteiger partial charge in [0.15, 0.2) is 0 Å². The van der Waals surface area contributed by atoms with Gasteiger partial charge in [-0.2, -0.15) is 0 Å². The molecule has 4 amide bonds. The van der Waals surface area contributed by atoms with Gasteiger partial charge in [0.2, 0.25) is 5.91 Å². The van der Waals surface area contributed by atoms with Crippen LogP contribution in [0.3, 0.4) is 0 Å². The molecule has 3 aromatic rings. The minimum atomic E-state index is -0.687. The van der Waals surface area contributed by atoms with E-state index in [-0.39, 0.29) is 18.1 Å². The van der Waals surface area contributed by atoms with Crippen LogP contribution >= 0.6 is 31.9 Å². The smallest absolute Gasteiger partial charge is 0.329 e. The number of amides is 4. The molecule has 184 valence electrons. The molecule has 0 radical (unpaired) electrons. The van der Waals surface area contributed by atoms with E-state index in [2.05, 4.69) is 42.5 Å². The number of halogens is 3. The molecule has 10 heteroatoms. The summed E-state index contributed by atoms with van der Waals surface area (Å²) in [6.07, 6.45) is 1.49. The zero-order chi connectivity index (χ0) is 25.8. The molecule has 4 rings (SSSR count). The van der Waals surface area contributed by atoms with Crippen LogP contribution in [0.2, 0.25) is 0 Å². The maximum Gasteiger partial charge on any atom is 0.329 e. The minimum Gasteiger partial charge on any atom is -0.486 e. The molecule has 1 aliphatic heterocycles. The van der Waals surface area contributed by atoms with E-state index in [0.717, 1.165) is 10.5 Å². The summed E-state index contributed by atoms with van der Waals surface area (Å²) in [5, 5.41) is 5.17. The van der Waals surface area contributed by atoms with E-state index >= 15 is 0 Å². The van der Waals surface area contributed by atoms with Gasteiger partial charge in [0.05, 0.1) is 8.95 Å². The van der Waals surface area contributed by atoms with Gasteiger partial charge in [-0.25, -0.2) is 14.1 Å². The molecule has 1 heterocycles. The fraction of sp³-hybridized carbons (Fsp3) is 0.115. The Morgan fingerprint density at radius 3 is 2.42 bits per heavy atom. The average Bonchev–Trinajstić information content (AvgIpc) is 3.08. The Balaban J connectivity index is 1.44. The lowest BCUT2D eigenvalue weighted by Gasteiger charge is -2.12. The molecule has 36 heavy (non-hydrogen) atoms. The maximum atomic E-state index is 13.9. The van der Waals surface area contributed by atoms with Gasteiger partial charge < -0.3 is 15.4 Å². The summed E-state index contributed by atoms with van der Waals surface area (Å²) >= 11 is 6.87. The van der Waals surface area contributed by atoms with Crippen molar-refractivity contribution in [3.63, 3.8) is 0 Å². The summed E-state index contributed by atoms with van der Waals surface area (Å²) in [5.41, 5.74) is 2.64. The zero-order valence-corrected chi connectivity index (χ0v) is 22.2. The largest absolute Gasteiger partial charge is 0.486 e. The highest BCUT2D eigenvalue weighted by Gasteiger charge is 2.35. The van der Waals surface area contributed by atoms with E-state index in [1.165, 1.54) is 12.1 Å². The Morgan fingerprint density at radius 1 is 1.08 bits per heavy atom. The third-order valence-electron chi connectivity index (χ3n) is 5.26. The highest BCUT2D eigenvalue weighted by Crippen LogP contribution is 2.36. The van der Waals surface area contributed by atoms with E-state index in [1.54, 1.807) is 42.5 Å². The lowest BCUT2D eigenvalue weighted by Crippen LogP contribution is -2.38. The van der Waals surface area contributed by atoms with Crippen LogP contribution in [-0.4, -0.2) is 29.3 Å². The molecule has 3 aromatic carbocycles. The third kappa shape index (κ3) is 6.00. The van der Waals surface area contributed by atoms with Gasteiger partial charge in [-0.15, -0.1) is 0 Å². The second kappa shape index (κ2) is 11.0. The van der Waals surface area contributed by atoms with Gasteiger partial charge in [0.1, 0.15) is 30.4 Å². The number of imide groups is 1. The first-order valence-electron chi connectivity index (χ1n) is 10.8. The van der Waals surface area contributed by atoms with E-state index in [1.807, 2.05) is 19.1 Å². The molecular weight excluding hydrogens is 597 g/mol. The second-order valence-electron chi connectivity index (χ2n) is 7.99. The van der Waals surface area contributed by atoms with Crippen molar-refractivity contribution in [3.8, 4) is 5.75 Å². The number of benzene rings is 3. The first-order chi connectivity index (χ1) is 17.2. The number of carbonyl (C=O) groups excluding carboxylic acids is 3. The quantitative estimate of drug-likeness (QED) is 0.261. The van der Waals surface area contributed by atoms with Crippen LogP contribution in [0, 0.1) is 12.7 Å². The van der Waals surface area contributed by atoms with Crippen LogP contribution in [0.5, 0.6) is 5.75 Å². The van der Waals surface area contributed by atoms with Crippen molar-refractivity contribution in [2.45, 2.75) is 13.5 Å². The Labute approximate surface area is 223 Å². The van der Waals surface area contributed by atoms with E-state index in [4.69, 9.17) is 4.74 Å². The van der Waals surface area contributed by atoms with Crippen molar-refractivity contribution in [2.75, 3.05) is 11.9 Å². The molecule has 0 spiro atoms. The second-order valence-corrected chi connectivity index (χ2v) is 9.70. The Kier molecular flexibility index (Phi) is 7.85. The van der Waals surface area contributed by atoms with E-state index in [0.29, 0.717) is 31.5 Å². The molecule has 0 aliphatic carbocycles. The summed E-state index contributed by atoms with van der Waals surface area (Å²) in [5.74, 6) is -1.02. The fourth-order valence-corrected chi connectivity index (χ4v) is 4.88. The number of carbonyl (C=O) groups is 3. The minimum absolute atomic E-state index is 0.0263. The molecule has 1 saturated heterocycles. The highest BCUT2D eigenvalue weighted by molar-refractivity contribution is 9.11. The summed E-state index contributed by atoms with van der Waals surface area (Å²) < 4.78 is 20.8. The van der Waals surface area contributed by atoms with Gasteiger partial charge >= 0.3 is 6.03 Å². The van der Waals surface area contributed by atoms with Crippen LogP contribution in [-0.2, 0) is 16.2 Å². The molecule has 7 nitrogen and oxygen atoms in total. The van der Waals surface area contributed by atoms with Crippen molar-refractivity contribution in [2.24, 2.45) is 0 Å². The number of aryl methyl sites for hydroxylation is 1. The van der Waals surface area contributed by atoms with E-state index < -0.39 is 24.4 Å². The fourth-order valence-electron chi connectivity index (χ4n) is 3.43. The van der Waals surface area contributed by atoms with Gasteiger partial charge in [-0.1, -0.05) is 35.9 Å². The lowest BCUT2D eigenvalue weighted by atomic mass is 10.1. The zero-order valence-electron chi connectivity index (χ0n) is 19.0. The molecule has 0 atom stereocenters. The van der Waals surface area contributed by atoms with E-state index in [9.17, 15) is 18.8 Å².